The molecule has 0 saturated carbocycles. The molecular formula is C27H31N3O4S. The Morgan fingerprint density at radius 3 is 2.71 bits per heavy atom. The maximum atomic E-state index is 12.6. The molecule has 4 rings (SSSR count). The number of rotatable bonds is 10. The third-order valence-corrected chi connectivity index (χ3v) is 6.66. The minimum Gasteiger partial charge on any atom is -0.462 e. The van der Waals surface area contributed by atoms with Crippen LogP contribution in [0.15, 0.2) is 53.9 Å². The summed E-state index contributed by atoms with van der Waals surface area (Å²) in [6.07, 6.45) is 1.95. The number of amides is 1. The van der Waals surface area contributed by atoms with Gasteiger partial charge in [0.05, 0.1) is 37.5 Å². The van der Waals surface area contributed by atoms with Crippen molar-refractivity contribution in [3.05, 3.63) is 70.7 Å². The van der Waals surface area contributed by atoms with E-state index in [0.717, 1.165) is 62.0 Å². The summed E-state index contributed by atoms with van der Waals surface area (Å²) < 4.78 is 10.7. The highest BCUT2D eigenvalue weighted by molar-refractivity contribution is 7.13. The van der Waals surface area contributed by atoms with Gasteiger partial charge < -0.3 is 14.8 Å². The average Bonchev–Trinajstić information content (AvgIpc) is 3.33. The van der Waals surface area contributed by atoms with E-state index in [-0.39, 0.29) is 18.3 Å². The minimum absolute atomic E-state index is 0.163. The molecular weight excluding hydrogens is 462 g/mol. The smallest absolute Gasteiger partial charge is 0.338 e. The molecule has 7 nitrogen and oxygen atoms in total. The van der Waals surface area contributed by atoms with Gasteiger partial charge in [0, 0.05) is 36.3 Å². The normalized spacial score (nSPS) is 14.0. The van der Waals surface area contributed by atoms with Crippen molar-refractivity contribution in [2.45, 2.75) is 32.7 Å². The number of morpholine rings is 1. The number of unbranched alkanes of at least 4 members (excludes halogenated alkanes) is 1. The van der Waals surface area contributed by atoms with Gasteiger partial charge in [0.15, 0.2) is 0 Å². The fourth-order valence-corrected chi connectivity index (χ4v) is 4.60. The lowest BCUT2D eigenvalue weighted by atomic mass is 10.1. The highest BCUT2D eigenvalue weighted by atomic mass is 32.1. The molecule has 0 atom stereocenters. The van der Waals surface area contributed by atoms with Crippen LogP contribution >= 0.6 is 11.3 Å². The number of carbonyl (C=O) groups is 2. The van der Waals surface area contributed by atoms with Crippen molar-refractivity contribution in [1.29, 1.82) is 0 Å². The average molecular weight is 494 g/mol. The van der Waals surface area contributed by atoms with Gasteiger partial charge in [-0.15, -0.1) is 11.3 Å². The molecule has 2 heterocycles. The van der Waals surface area contributed by atoms with Gasteiger partial charge in [-0.05, 0) is 30.2 Å². The van der Waals surface area contributed by atoms with Crippen LogP contribution in [-0.4, -0.2) is 54.7 Å². The zero-order chi connectivity index (χ0) is 24.5. The van der Waals surface area contributed by atoms with Crippen molar-refractivity contribution >= 4 is 28.9 Å². The molecule has 1 aliphatic rings. The van der Waals surface area contributed by atoms with E-state index in [0.29, 0.717) is 17.9 Å². The SMILES string of the molecule is CCCCOC(=O)c1cccc(NC(=O)Cc2csc(-c3ccc(CN4CCOCC4)cc3)n2)c1. The topological polar surface area (TPSA) is 80.8 Å². The molecule has 1 aromatic heterocycles. The molecule has 3 aromatic rings. The molecule has 0 unspecified atom stereocenters. The van der Waals surface area contributed by atoms with Gasteiger partial charge >= 0.3 is 5.97 Å². The number of benzene rings is 2. The highest BCUT2D eigenvalue weighted by Gasteiger charge is 2.13. The maximum Gasteiger partial charge on any atom is 0.338 e. The van der Waals surface area contributed by atoms with Gasteiger partial charge in [-0.2, -0.15) is 0 Å². The van der Waals surface area contributed by atoms with E-state index in [4.69, 9.17) is 9.47 Å². The summed E-state index contributed by atoms with van der Waals surface area (Å²) in [5, 5.41) is 5.66. The van der Waals surface area contributed by atoms with Crippen molar-refractivity contribution in [3.8, 4) is 10.6 Å². The lowest BCUT2D eigenvalue weighted by Crippen LogP contribution is -2.35. The zero-order valence-electron chi connectivity index (χ0n) is 20.0. The Labute approximate surface area is 210 Å². The van der Waals surface area contributed by atoms with E-state index in [2.05, 4.69) is 39.5 Å². The number of nitrogens with zero attached hydrogens (tertiary/aromatic N) is 2. The molecule has 8 heteroatoms. The molecule has 0 aliphatic carbocycles. The van der Waals surface area contributed by atoms with Crippen molar-refractivity contribution < 1.29 is 19.1 Å². The molecule has 0 spiro atoms. The Morgan fingerprint density at radius 2 is 1.94 bits per heavy atom. The summed E-state index contributed by atoms with van der Waals surface area (Å²) in [5.74, 6) is -0.561. The summed E-state index contributed by atoms with van der Waals surface area (Å²) >= 11 is 1.53. The van der Waals surface area contributed by atoms with Crippen LogP contribution < -0.4 is 5.32 Å². The Kier molecular flexibility index (Phi) is 9.00. The molecule has 0 bridgehead atoms. The van der Waals surface area contributed by atoms with Crippen molar-refractivity contribution in [2.24, 2.45) is 0 Å². The first kappa shape index (κ1) is 25.0. The number of esters is 1. The van der Waals surface area contributed by atoms with Crippen LogP contribution in [0.4, 0.5) is 5.69 Å². The van der Waals surface area contributed by atoms with Crippen LogP contribution in [0.25, 0.3) is 10.6 Å². The number of carbonyl (C=O) groups excluding carboxylic acids is 2. The Hall–Kier alpha value is -3.07. The number of aromatic nitrogens is 1. The van der Waals surface area contributed by atoms with Crippen LogP contribution in [0.3, 0.4) is 0 Å². The second-order valence-electron chi connectivity index (χ2n) is 8.52. The standard InChI is InChI=1S/C27H31N3O4S/c1-2-3-13-34-27(32)22-5-4-6-23(16-22)28-25(31)17-24-19-35-26(29-24)21-9-7-20(8-10-21)18-30-11-14-33-15-12-30/h4-10,16,19H,2-3,11-15,17-18H2,1H3,(H,28,31). The fraction of sp³-hybridized carbons (Fsp3) is 0.370. The predicted molar refractivity (Wildman–Crippen MR) is 138 cm³/mol. The predicted octanol–water partition coefficient (Wildman–Crippen LogP) is 4.78. The van der Waals surface area contributed by atoms with Gasteiger partial charge in [-0.3, -0.25) is 9.69 Å². The van der Waals surface area contributed by atoms with Crippen LogP contribution in [0.2, 0.25) is 0 Å². The third-order valence-electron chi connectivity index (χ3n) is 5.72. The number of hydrogen-bond acceptors (Lipinski definition) is 7. The number of anilines is 1. The number of thiazole rings is 1. The minimum atomic E-state index is -0.380. The second kappa shape index (κ2) is 12.6. The maximum absolute atomic E-state index is 12.6. The van der Waals surface area contributed by atoms with E-state index >= 15 is 0 Å². The van der Waals surface area contributed by atoms with Gasteiger partial charge in [-0.25, -0.2) is 9.78 Å². The molecule has 1 aliphatic heterocycles. The van der Waals surface area contributed by atoms with Crippen LogP contribution in [0, 0.1) is 0 Å². The Bertz CT molecular complexity index is 1120. The molecule has 2 aromatic carbocycles. The number of nitrogens with one attached hydrogen (secondary N) is 1. The monoisotopic (exact) mass is 493 g/mol. The molecule has 184 valence electrons. The first-order valence-electron chi connectivity index (χ1n) is 12.0. The third kappa shape index (κ3) is 7.45. The number of hydrogen-bond donors (Lipinski definition) is 1. The summed E-state index contributed by atoms with van der Waals surface area (Å²) in [5.41, 5.74) is 4.01. The Balaban J connectivity index is 1.30. The van der Waals surface area contributed by atoms with Gasteiger partial charge in [0.1, 0.15) is 5.01 Å². The van der Waals surface area contributed by atoms with E-state index < -0.39 is 0 Å². The molecule has 1 fully saturated rings. The molecule has 1 amide bonds. The number of ether oxygens (including phenoxy) is 2. The van der Waals surface area contributed by atoms with E-state index in [1.54, 1.807) is 24.3 Å². The summed E-state index contributed by atoms with van der Waals surface area (Å²) in [7, 11) is 0. The summed E-state index contributed by atoms with van der Waals surface area (Å²) in [4.78, 5) is 31.8. The van der Waals surface area contributed by atoms with Gasteiger partial charge in [-0.1, -0.05) is 43.7 Å². The lowest BCUT2D eigenvalue weighted by Gasteiger charge is -2.26. The van der Waals surface area contributed by atoms with Crippen molar-refractivity contribution in [1.82, 2.24) is 9.88 Å². The van der Waals surface area contributed by atoms with Crippen LogP contribution in [0.5, 0.6) is 0 Å². The van der Waals surface area contributed by atoms with Gasteiger partial charge in [0.2, 0.25) is 5.91 Å². The molecule has 0 radical (unpaired) electrons. The first-order valence-corrected chi connectivity index (χ1v) is 12.9. The fourth-order valence-electron chi connectivity index (χ4n) is 3.78. The quantitative estimate of drug-likeness (QED) is 0.323. The van der Waals surface area contributed by atoms with Crippen LogP contribution in [0.1, 0.15) is 41.4 Å². The molecule has 1 N–H and O–H groups in total. The van der Waals surface area contributed by atoms with E-state index in [1.165, 1.54) is 16.9 Å². The van der Waals surface area contributed by atoms with E-state index in [1.807, 2.05) is 12.3 Å². The first-order chi connectivity index (χ1) is 17.1. The van der Waals surface area contributed by atoms with Crippen LogP contribution in [-0.2, 0) is 27.2 Å². The molecule has 35 heavy (non-hydrogen) atoms. The lowest BCUT2D eigenvalue weighted by molar-refractivity contribution is -0.115. The molecule has 1 saturated heterocycles. The largest absolute Gasteiger partial charge is 0.462 e. The zero-order valence-corrected chi connectivity index (χ0v) is 20.8. The van der Waals surface area contributed by atoms with Gasteiger partial charge in [0.25, 0.3) is 0 Å². The van der Waals surface area contributed by atoms with E-state index in [9.17, 15) is 9.59 Å². The van der Waals surface area contributed by atoms with Crippen molar-refractivity contribution in [2.75, 3.05) is 38.2 Å². The Morgan fingerprint density at radius 1 is 1.14 bits per heavy atom. The second-order valence-corrected chi connectivity index (χ2v) is 9.38. The van der Waals surface area contributed by atoms with Crippen molar-refractivity contribution in [3.63, 3.8) is 0 Å². The highest BCUT2D eigenvalue weighted by Crippen LogP contribution is 2.25. The summed E-state index contributed by atoms with van der Waals surface area (Å²) in [6, 6.07) is 15.3. The summed E-state index contributed by atoms with van der Waals surface area (Å²) in [6.45, 7) is 6.88.